The number of nitrogens with zero attached hydrogens (tertiary/aromatic N) is 1. The minimum atomic E-state index is -0.604. The Labute approximate surface area is 182 Å². The van der Waals surface area contributed by atoms with Gasteiger partial charge in [0.05, 0.1) is 5.56 Å². The van der Waals surface area contributed by atoms with Gasteiger partial charge in [-0.3, -0.25) is 0 Å². The third-order valence-electron chi connectivity index (χ3n) is 4.99. The van der Waals surface area contributed by atoms with Crippen LogP contribution in [0.15, 0.2) is 71.9 Å². The van der Waals surface area contributed by atoms with Gasteiger partial charge in [0.25, 0.3) is 0 Å². The number of rotatable bonds is 7. The Hall–Kier alpha value is -3.80. The summed E-state index contributed by atoms with van der Waals surface area (Å²) in [7, 11) is 0. The second-order valence-corrected chi connectivity index (χ2v) is 7.59. The minimum Gasteiger partial charge on any atom is -0.489 e. The molecule has 0 bridgehead atoms. The lowest BCUT2D eigenvalue weighted by Crippen LogP contribution is -2.17. The van der Waals surface area contributed by atoms with Crippen molar-refractivity contribution < 1.29 is 14.4 Å². The van der Waals surface area contributed by atoms with E-state index < -0.39 is 5.97 Å². The van der Waals surface area contributed by atoms with Gasteiger partial charge in [-0.25, -0.2) is 4.79 Å². The third-order valence-corrected chi connectivity index (χ3v) is 4.99. The molecule has 0 aromatic heterocycles. The number of anilines is 1. The summed E-state index contributed by atoms with van der Waals surface area (Å²) < 4.78 is 5.83. The first-order chi connectivity index (χ1) is 14.8. The zero-order chi connectivity index (χ0) is 22.4. The molecule has 160 valence electrons. The molecule has 4 N–H and O–H groups in total. The number of carbonyl (C=O) groups excluding carboxylic acids is 1. The van der Waals surface area contributed by atoms with Gasteiger partial charge in [-0.15, -0.1) is 0 Å². The second kappa shape index (κ2) is 9.80. The van der Waals surface area contributed by atoms with E-state index in [-0.39, 0.29) is 5.84 Å². The van der Waals surface area contributed by atoms with E-state index in [0.29, 0.717) is 29.3 Å². The molecule has 3 aromatic rings. The molecule has 0 aliphatic heterocycles. The molecule has 6 heteroatoms. The van der Waals surface area contributed by atoms with E-state index in [0.717, 1.165) is 16.9 Å². The zero-order valence-corrected chi connectivity index (χ0v) is 18.0. The quantitative estimate of drug-likeness (QED) is 0.190. The monoisotopic (exact) mass is 417 g/mol. The van der Waals surface area contributed by atoms with Gasteiger partial charge < -0.3 is 21.0 Å². The van der Waals surface area contributed by atoms with Gasteiger partial charge in [0.2, 0.25) is 0 Å². The Balaban J connectivity index is 1.63. The van der Waals surface area contributed by atoms with Crippen LogP contribution in [0.2, 0.25) is 0 Å². The number of hydrogen-bond donors (Lipinski definition) is 2. The Morgan fingerprint density at radius 1 is 1.03 bits per heavy atom. The van der Waals surface area contributed by atoms with Crippen molar-refractivity contribution in [2.75, 3.05) is 5.73 Å². The molecule has 0 saturated heterocycles. The summed E-state index contributed by atoms with van der Waals surface area (Å²) in [6, 6.07) is 20.3. The van der Waals surface area contributed by atoms with Crippen molar-refractivity contribution in [1.29, 1.82) is 0 Å². The topological polar surface area (TPSA) is 99.9 Å². The Bertz CT molecular complexity index is 1090. The molecule has 0 atom stereocenters. The fourth-order valence-corrected chi connectivity index (χ4v) is 3.03. The average Bonchev–Trinajstić information content (AvgIpc) is 2.78. The number of amidine groups is 1. The molecule has 0 radical (unpaired) electrons. The van der Waals surface area contributed by atoms with Crippen LogP contribution in [0.1, 0.15) is 52.4 Å². The van der Waals surface area contributed by atoms with Crippen molar-refractivity contribution >= 4 is 17.5 Å². The highest BCUT2D eigenvalue weighted by atomic mass is 16.7. The number of nitrogen functional groups attached to an aromatic ring is 1. The van der Waals surface area contributed by atoms with Gasteiger partial charge in [0.1, 0.15) is 12.4 Å². The van der Waals surface area contributed by atoms with Crippen molar-refractivity contribution in [3.63, 3.8) is 0 Å². The lowest BCUT2D eigenvalue weighted by molar-refractivity contribution is 0.0516. The highest BCUT2D eigenvalue weighted by Gasteiger charge is 2.11. The maximum absolute atomic E-state index is 12.4. The first kappa shape index (κ1) is 21.9. The summed E-state index contributed by atoms with van der Waals surface area (Å²) in [5.41, 5.74) is 16.3. The number of oxime groups is 1. The molecule has 6 nitrogen and oxygen atoms in total. The SMILES string of the molecule is Cc1c(N)cccc1/C(N)=N/OC(=O)c1cccc(COc2ccc(C(C)C)cc2)c1. The minimum absolute atomic E-state index is 0.0856. The zero-order valence-electron chi connectivity index (χ0n) is 18.0. The van der Waals surface area contributed by atoms with Crippen LogP contribution >= 0.6 is 0 Å². The number of benzene rings is 3. The van der Waals surface area contributed by atoms with Crippen LogP contribution in [0.4, 0.5) is 5.69 Å². The summed E-state index contributed by atoms with van der Waals surface area (Å²) in [5.74, 6) is 0.721. The molecule has 0 aliphatic carbocycles. The molecule has 3 rings (SSSR count). The van der Waals surface area contributed by atoms with Crippen molar-refractivity contribution in [3.05, 3.63) is 94.5 Å². The predicted molar refractivity (Wildman–Crippen MR) is 123 cm³/mol. The molecule has 0 unspecified atom stereocenters. The Morgan fingerprint density at radius 3 is 2.45 bits per heavy atom. The largest absolute Gasteiger partial charge is 0.489 e. The van der Waals surface area contributed by atoms with Gasteiger partial charge >= 0.3 is 5.97 Å². The third kappa shape index (κ3) is 5.63. The first-order valence-corrected chi connectivity index (χ1v) is 10.1. The van der Waals surface area contributed by atoms with E-state index in [9.17, 15) is 4.79 Å². The molecule has 0 aliphatic rings. The maximum atomic E-state index is 12.4. The normalized spacial score (nSPS) is 11.4. The van der Waals surface area contributed by atoms with Crippen LogP contribution in [-0.4, -0.2) is 11.8 Å². The molecule has 0 heterocycles. The van der Waals surface area contributed by atoms with Gasteiger partial charge in [-0.2, -0.15) is 0 Å². The maximum Gasteiger partial charge on any atom is 0.365 e. The van der Waals surface area contributed by atoms with Crippen molar-refractivity contribution in [3.8, 4) is 5.75 Å². The fraction of sp³-hybridized carbons (Fsp3) is 0.200. The van der Waals surface area contributed by atoms with E-state index in [1.54, 1.807) is 36.4 Å². The first-order valence-electron chi connectivity index (χ1n) is 10.1. The van der Waals surface area contributed by atoms with E-state index in [1.807, 2.05) is 25.1 Å². The van der Waals surface area contributed by atoms with E-state index in [1.165, 1.54) is 5.56 Å². The lowest BCUT2D eigenvalue weighted by Gasteiger charge is -2.10. The van der Waals surface area contributed by atoms with Crippen LogP contribution in [-0.2, 0) is 11.4 Å². The van der Waals surface area contributed by atoms with E-state index >= 15 is 0 Å². The van der Waals surface area contributed by atoms with Crippen molar-refractivity contribution in [2.24, 2.45) is 10.9 Å². The lowest BCUT2D eigenvalue weighted by atomic mass is 10.0. The number of hydrogen-bond acceptors (Lipinski definition) is 5. The molecule has 0 amide bonds. The molecule has 0 fully saturated rings. The second-order valence-electron chi connectivity index (χ2n) is 7.59. The Morgan fingerprint density at radius 2 is 1.74 bits per heavy atom. The van der Waals surface area contributed by atoms with E-state index in [4.69, 9.17) is 21.0 Å². The summed E-state index contributed by atoms with van der Waals surface area (Å²) >= 11 is 0. The Kier molecular flexibility index (Phi) is 6.92. The highest BCUT2D eigenvalue weighted by Crippen LogP contribution is 2.20. The van der Waals surface area contributed by atoms with Crippen LogP contribution in [0.3, 0.4) is 0 Å². The molecule has 31 heavy (non-hydrogen) atoms. The summed E-state index contributed by atoms with van der Waals surface area (Å²) in [4.78, 5) is 17.4. The molecule has 0 spiro atoms. The van der Waals surface area contributed by atoms with Crippen LogP contribution in [0.5, 0.6) is 5.75 Å². The van der Waals surface area contributed by atoms with Gasteiger partial charge in [0.15, 0.2) is 5.84 Å². The number of carbonyl (C=O) groups is 1. The molecule has 0 saturated carbocycles. The molecule has 3 aromatic carbocycles. The highest BCUT2D eigenvalue weighted by molar-refractivity contribution is 6.00. The molecular weight excluding hydrogens is 390 g/mol. The standard InChI is InChI=1S/C25H27N3O3/c1-16(2)19-10-12-21(13-11-19)30-15-18-6-4-7-20(14-18)25(29)31-28-24(27)22-8-5-9-23(26)17(22)3/h4-14,16H,15,26H2,1-3H3,(H2,27,28). The summed E-state index contributed by atoms with van der Waals surface area (Å²) in [6.07, 6.45) is 0. The van der Waals surface area contributed by atoms with Gasteiger partial charge in [-0.05, 0) is 59.9 Å². The average molecular weight is 418 g/mol. The fourth-order valence-electron chi connectivity index (χ4n) is 3.03. The van der Waals surface area contributed by atoms with Crippen LogP contribution < -0.4 is 16.2 Å². The van der Waals surface area contributed by atoms with Gasteiger partial charge in [-0.1, -0.05) is 55.4 Å². The number of nitrogens with two attached hydrogens (primary N) is 2. The van der Waals surface area contributed by atoms with Crippen molar-refractivity contribution in [2.45, 2.75) is 33.3 Å². The van der Waals surface area contributed by atoms with Crippen LogP contribution in [0.25, 0.3) is 0 Å². The van der Waals surface area contributed by atoms with Gasteiger partial charge in [0, 0.05) is 11.3 Å². The molecular formula is C25H27N3O3. The smallest absolute Gasteiger partial charge is 0.365 e. The predicted octanol–water partition coefficient (Wildman–Crippen LogP) is 4.76. The van der Waals surface area contributed by atoms with Crippen LogP contribution in [0, 0.1) is 6.92 Å². The summed E-state index contributed by atoms with van der Waals surface area (Å²) in [5, 5.41) is 3.78. The summed E-state index contributed by atoms with van der Waals surface area (Å²) in [6.45, 7) is 6.45. The van der Waals surface area contributed by atoms with E-state index in [2.05, 4.69) is 31.1 Å². The van der Waals surface area contributed by atoms with Crippen molar-refractivity contribution in [1.82, 2.24) is 0 Å². The number of ether oxygens (including phenoxy) is 1.